The second-order valence-corrected chi connectivity index (χ2v) is 10.2. The highest BCUT2D eigenvalue weighted by Gasteiger charge is 2.55. The van der Waals surface area contributed by atoms with Gasteiger partial charge in [0, 0.05) is 18.5 Å². The first-order valence-electron chi connectivity index (χ1n) is 12.3. The average Bonchev–Trinajstić information content (AvgIpc) is 3.36. The molecule has 0 unspecified atom stereocenters. The second-order valence-electron chi connectivity index (χ2n) is 9.34. The Morgan fingerprint density at radius 1 is 1.03 bits per heavy atom. The lowest BCUT2D eigenvalue weighted by Crippen LogP contribution is -2.40. The molecule has 0 radical (unpaired) electrons. The predicted molar refractivity (Wildman–Crippen MR) is 126 cm³/mol. The van der Waals surface area contributed by atoms with Crippen molar-refractivity contribution in [2.45, 2.75) is 122 Å². The number of hydrogen-bond donors (Lipinski definition) is 1. The zero-order chi connectivity index (χ0) is 22.1. The minimum atomic E-state index is -0.626. The molecule has 2 aliphatic rings. The van der Waals surface area contributed by atoms with Crippen LogP contribution < -0.4 is 5.32 Å². The quantitative estimate of drug-likeness (QED) is 0.326. The average molecular weight is 455 g/mol. The molecule has 6 nitrogen and oxygen atoms in total. The Kier molecular flexibility index (Phi) is 10.0. The van der Waals surface area contributed by atoms with Gasteiger partial charge < -0.3 is 24.3 Å². The van der Waals surface area contributed by atoms with E-state index in [9.17, 15) is 0 Å². The Labute approximate surface area is 192 Å². The Morgan fingerprint density at radius 3 is 2.35 bits per heavy atom. The predicted octanol–water partition coefficient (Wildman–Crippen LogP) is 6.05. The van der Waals surface area contributed by atoms with Crippen molar-refractivity contribution in [2.75, 3.05) is 18.5 Å². The lowest BCUT2D eigenvalue weighted by Gasteiger charge is -2.26. The molecule has 1 N–H and O–H groups in total. The van der Waals surface area contributed by atoms with Crippen LogP contribution in [0.25, 0.3) is 0 Å². The van der Waals surface area contributed by atoms with E-state index in [0.717, 1.165) is 23.9 Å². The first kappa shape index (κ1) is 24.9. The van der Waals surface area contributed by atoms with E-state index in [1.54, 1.807) is 11.3 Å². The van der Waals surface area contributed by atoms with Crippen LogP contribution in [0.15, 0.2) is 5.38 Å². The van der Waals surface area contributed by atoms with Crippen LogP contribution in [0.4, 0.5) is 5.13 Å². The monoisotopic (exact) mass is 454 g/mol. The number of anilines is 1. The molecule has 3 rings (SSSR count). The standard InChI is InChI=1S/C24H42N2O4S/c1-5-6-7-8-9-10-11-12-13-14-15-27-20-19(16-25-23-26-18(2)17-31-23)28-22-21(20)29-24(3,4)30-22/h17,19-22H,5-16H2,1-4H3,(H,25,26)/t19-,20+,21-,22-/m1/s1. The highest BCUT2D eigenvalue weighted by Crippen LogP contribution is 2.39. The maximum Gasteiger partial charge on any atom is 0.190 e. The zero-order valence-corrected chi connectivity index (χ0v) is 20.7. The number of ether oxygens (including phenoxy) is 4. The van der Waals surface area contributed by atoms with Crippen molar-refractivity contribution in [3.8, 4) is 0 Å². The van der Waals surface area contributed by atoms with Gasteiger partial charge in [0.2, 0.25) is 0 Å². The van der Waals surface area contributed by atoms with Gasteiger partial charge >= 0.3 is 0 Å². The first-order valence-corrected chi connectivity index (χ1v) is 13.1. The van der Waals surface area contributed by atoms with Crippen molar-refractivity contribution in [1.29, 1.82) is 0 Å². The third-order valence-electron chi connectivity index (χ3n) is 5.97. The smallest absolute Gasteiger partial charge is 0.190 e. The molecular weight excluding hydrogens is 412 g/mol. The number of nitrogens with zero attached hydrogens (tertiary/aromatic N) is 1. The van der Waals surface area contributed by atoms with Crippen LogP contribution in [0.2, 0.25) is 0 Å². The fraction of sp³-hybridized carbons (Fsp3) is 0.875. The van der Waals surface area contributed by atoms with E-state index in [-0.39, 0.29) is 24.6 Å². The summed E-state index contributed by atoms with van der Waals surface area (Å²) in [7, 11) is 0. The molecule has 0 spiro atoms. The third-order valence-corrected chi connectivity index (χ3v) is 6.89. The molecule has 7 heteroatoms. The molecule has 0 saturated carbocycles. The molecule has 2 saturated heterocycles. The van der Waals surface area contributed by atoms with Crippen molar-refractivity contribution in [2.24, 2.45) is 0 Å². The molecule has 1 aromatic heterocycles. The van der Waals surface area contributed by atoms with E-state index >= 15 is 0 Å². The van der Waals surface area contributed by atoms with Gasteiger partial charge in [-0.25, -0.2) is 4.98 Å². The summed E-state index contributed by atoms with van der Waals surface area (Å²) in [6.07, 6.45) is 12.4. The van der Waals surface area contributed by atoms with Gasteiger partial charge in [-0.3, -0.25) is 0 Å². The molecule has 3 heterocycles. The normalized spacial score (nSPS) is 27.0. The Hall–Kier alpha value is -0.730. The molecule has 0 aliphatic carbocycles. The minimum Gasteiger partial charge on any atom is -0.373 e. The molecule has 0 bridgehead atoms. The number of aryl methyl sites for hydroxylation is 1. The molecule has 0 amide bonds. The van der Waals surface area contributed by atoms with Crippen LogP contribution in [0.3, 0.4) is 0 Å². The number of rotatable bonds is 15. The first-order chi connectivity index (χ1) is 15.0. The van der Waals surface area contributed by atoms with Gasteiger partial charge in [-0.2, -0.15) is 0 Å². The molecule has 2 aliphatic heterocycles. The number of aromatic nitrogens is 1. The third kappa shape index (κ3) is 7.97. The van der Waals surface area contributed by atoms with Gasteiger partial charge in [0.1, 0.15) is 18.3 Å². The van der Waals surface area contributed by atoms with Crippen LogP contribution in [-0.4, -0.2) is 48.5 Å². The summed E-state index contributed by atoms with van der Waals surface area (Å²) >= 11 is 1.61. The fourth-order valence-corrected chi connectivity index (χ4v) is 5.04. The fourth-order valence-electron chi connectivity index (χ4n) is 4.34. The number of fused-ring (bicyclic) bond motifs is 1. The molecule has 178 valence electrons. The van der Waals surface area contributed by atoms with E-state index in [1.165, 1.54) is 57.8 Å². The van der Waals surface area contributed by atoms with Crippen LogP contribution >= 0.6 is 11.3 Å². The maximum atomic E-state index is 6.30. The van der Waals surface area contributed by atoms with E-state index in [2.05, 4.69) is 17.2 Å². The van der Waals surface area contributed by atoms with Crippen molar-refractivity contribution in [3.63, 3.8) is 0 Å². The largest absolute Gasteiger partial charge is 0.373 e. The number of nitrogens with one attached hydrogen (secondary N) is 1. The van der Waals surface area contributed by atoms with Gasteiger partial charge in [0.15, 0.2) is 17.2 Å². The van der Waals surface area contributed by atoms with Crippen LogP contribution in [0.1, 0.15) is 90.7 Å². The summed E-state index contributed by atoms with van der Waals surface area (Å²) in [5, 5.41) is 6.33. The van der Waals surface area contributed by atoms with Gasteiger partial charge in [0.05, 0.1) is 5.69 Å². The second kappa shape index (κ2) is 12.5. The lowest BCUT2D eigenvalue weighted by molar-refractivity contribution is -0.216. The molecular formula is C24H42N2O4S. The molecule has 31 heavy (non-hydrogen) atoms. The molecule has 0 aromatic carbocycles. The lowest BCUT2D eigenvalue weighted by atomic mass is 10.1. The summed E-state index contributed by atoms with van der Waals surface area (Å²) < 4.78 is 24.5. The Bertz CT molecular complexity index is 639. The number of thiazole rings is 1. The van der Waals surface area contributed by atoms with E-state index < -0.39 is 5.79 Å². The Balaban J connectivity index is 1.35. The van der Waals surface area contributed by atoms with Crippen molar-refractivity contribution >= 4 is 16.5 Å². The van der Waals surface area contributed by atoms with Crippen molar-refractivity contribution < 1.29 is 18.9 Å². The summed E-state index contributed by atoms with van der Waals surface area (Å²) in [6, 6.07) is 0. The Morgan fingerprint density at radius 2 is 1.71 bits per heavy atom. The highest BCUT2D eigenvalue weighted by atomic mass is 32.1. The molecule has 2 fully saturated rings. The number of hydrogen-bond acceptors (Lipinski definition) is 7. The van der Waals surface area contributed by atoms with Crippen LogP contribution in [0.5, 0.6) is 0 Å². The van der Waals surface area contributed by atoms with Crippen molar-refractivity contribution in [3.05, 3.63) is 11.1 Å². The van der Waals surface area contributed by atoms with Crippen LogP contribution in [-0.2, 0) is 18.9 Å². The highest BCUT2D eigenvalue weighted by molar-refractivity contribution is 7.13. The van der Waals surface area contributed by atoms with Gasteiger partial charge in [0.25, 0.3) is 0 Å². The summed E-state index contributed by atoms with van der Waals surface area (Å²) in [5.74, 6) is -0.626. The van der Waals surface area contributed by atoms with Crippen LogP contribution in [0, 0.1) is 6.92 Å². The van der Waals surface area contributed by atoms with E-state index in [4.69, 9.17) is 18.9 Å². The van der Waals surface area contributed by atoms with Gasteiger partial charge in [-0.1, -0.05) is 64.7 Å². The van der Waals surface area contributed by atoms with Gasteiger partial charge in [-0.05, 0) is 27.2 Å². The zero-order valence-electron chi connectivity index (χ0n) is 19.9. The summed E-state index contributed by atoms with van der Waals surface area (Å²) in [4.78, 5) is 4.47. The summed E-state index contributed by atoms with van der Waals surface area (Å²) in [6.45, 7) is 9.51. The minimum absolute atomic E-state index is 0.113. The molecule has 4 atom stereocenters. The SMILES string of the molecule is CCCCCCCCCCCCO[C@@H]1[C@H]2OC(C)(C)O[C@H]2O[C@@H]1CNc1nc(C)cs1. The topological polar surface area (TPSA) is 61.8 Å². The van der Waals surface area contributed by atoms with E-state index in [1.807, 2.05) is 26.2 Å². The number of unbranched alkanes of at least 4 members (excludes halogenated alkanes) is 9. The molecule has 1 aromatic rings. The summed E-state index contributed by atoms with van der Waals surface area (Å²) in [5.41, 5.74) is 1.03. The maximum absolute atomic E-state index is 6.30. The van der Waals surface area contributed by atoms with Gasteiger partial charge in [-0.15, -0.1) is 11.3 Å². The van der Waals surface area contributed by atoms with E-state index in [0.29, 0.717) is 6.54 Å². The van der Waals surface area contributed by atoms with Crippen molar-refractivity contribution in [1.82, 2.24) is 4.98 Å².